The monoisotopic (exact) mass is 325 g/mol. The van der Waals surface area contributed by atoms with E-state index in [4.69, 9.17) is 17.3 Å². The summed E-state index contributed by atoms with van der Waals surface area (Å²) < 4.78 is 8.25. The lowest BCUT2D eigenvalue weighted by molar-refractivity contribution is 0.102. The number of nitrogens with zero attached hydrogens (tertiary/aromatic N) is 3. The van der Waals surface area contributed by atoms with Crippen molar-refractivity contribution in [3.05, 3.63) is 33.2 Å². The first kappa shape index (κ1) is 13.4. The lowest BCUT2D eigenvalue weighted by Gasteiger charge is -2.05. The number of aromatic nitrogens is 3. The van der Waals surface area contributed by atoms with Crippen LogP contribution in [0.4, 0.5) is 5.69 Å². The van der Waals surface area contributed by atoms with E-state index in [9.17, 15) is 4.79 Å². The molecule has 20 heavy (non-hydrogen) atoms. The van der Waals surface area contributed by atoms with Crippen LogP contribution in [-0.4, -0.2) is 19.6 Å². The Morgan fingerprint density at radius 2 is 2.25 bits per heavy atom. The highest BCUT2D eigenvalue weighted by atomic mass is 35.5. The number of hydrogen-bond donors (Lipinski definition) is 2. The van der Waals surface area contributed by atoms with Gasteiger partial charge in [-0.2, -0.15) is 8.75 Å². The number of anilines is 1. The second-order valence-electron chi connectivity index (χ2n) is 3.84. The third-order valence-corrected chi connectivity index (χ3v) is 4.30. The molecule has 0 radical (unpaired) electrons. The molecular formula is C11H8ClN5OS2. The molecule has 0 saturated carbocycles. The molecule has 2 heterocycles. The molecule has 0 atom stereocenters. The average molecular weight is 326 g/mol. The van der Waals surface area contributed by atoms with Crippen LogP contribution in [0.25, 0.3) is 11.0 Å². The molecule has 0 aliphatic heterocycles. The zero-order valence-electron chi connectivity index (χ0n) is 9.96. The quantitative estimate of drug-likeness (QED) is 0.771. The van der Waals surface area contributed by atoms with E-state index in [1.165, 1.54) is 11.3 Å². The fourth-order valence-corrected chi connectivity index (χ4v) is 3.03. The number of rotatable bonds is 3. The lowest BCUT2D eigenvalue weighted by atomic mass is 10.2. The van der Waals surface area contributed by atoms with Crippen molar-refractivity contribution in [2.24, 2.45) is 5.73 Å². The molecule has 6 nitrogen and oxygen atoms in total. The molecule has 0 bridgehead atoms. The van der Waals surface area contributed by atoms with Gasteiger partial charge in [-0.1, -0.05) is 11.6 Å². The van der Waals surface area contributed by atoms with E-state index < -0.39 is 0 Å². The molecule has 0 spiro atoms. The minimum Gasteiger partial charge on any atom is -0.325 e. The number of halogens is 1. The molecule has 0 saturated heterocycles. The van der Waals surface area contributed by atoms with Crippen molar-refractivity contribution < 1.29 is 4.79 Å². The van der Waals surface area contributed by atoms with Gasteiger partial charge in [0.1, 0.15) is 21.7 Å². The predicted molar refractivity (Wildman–Crippen MR) is 80.4 cm³/mol. The number of carbonyl (C=O) groups excluding carboxylic acids is 1. The van der Waals surface area contributed by atoms with Crippen LogP contribution in [0.3, 0.4) is 0 Å². The molecule has 0 unspecified atom stereocenters. The topological polar surface area (TPSA) is 93.8 Å². The van der Waals surface area contributed by atoms with Crippen molar-refractivity contribution in [3.8, 4) is 0 Å². The Kier molecular flexibility index (Phi) is 3.62. The van der Waals surface area contributed by atoms with E-state index in [0.717, 1.165) is 11.7 Å². The summed E-state index contributed by atoms with van der Waals surface area (Å²) in [5.74, 6) is -0.344. The summed E-state index contributed by atoms with van der Waals surface area (Å²) in [6.45, 7) is 0.310. The summed E-state index contributed by atoms with van der Waals surface area (Å²) in [6, 6.07) is 3.43. The van der Waals surface area contributed by atoms with Gasteiger partial charge in [-0.15, -0.1) is 11.3 Å². The Morgan fingerprint density at radius 3 is 3.00 bits per heavy atom. The van der Waals surface area contributed by atoms with E-state index in [0.29, 0.717) is 39.0 Å². The van der Waals surface area contributed by atoms with E-state index in [1.54, 1.807) is 17.5 Å². The number of nitrogens with one attached hydrogen (secondary N) is 1. The fourth-order valence-electron chi connectivity index (χ4n) is 1.63. The third kappa shape index (κ3) is 2.38. The minimum absolute atomic E-state index is 0.310. The van der Waals surface area contributed by atoms with E-state index in [2.05, 4.69) is 19.0 Å². The number of hydrogen-bond acceptors (Lipinski definition) is 7. The van der Waals surface area contributed by atoms with Crippen molar-refractivity contribution in [2.45, 2.75) is 6.54 Å². The molecule has 3 rings (SSSR count). The maximum absolute atomic E-state index is 12.1. The van der Waals surface area contributed by atoms with Gasteiger partial charge in [0.25, 0.3) is 5.91 Å². The van der Waals surface area contributed by atoms with Crippen LogP contribution >= 0.6 is 34.7 Å². The summed E-state index contributed by atoms with van der Waals surface area (Å²) in [5.41, 5.74) is 7.50. The van der Waals surface area contributed by atoms with Gasteiger partial charge in [0, 0.05) is 11.9 Å². The molecule has 9 heteroatoms. The molecule has 3 N–H and O–H groups in total. The first-order valence-electron chi connectivity index (χ1n) is 5.55. The Hall–Kier alpha value is -1.61. The second-order valence-corrected chi connectivity index (χ2v) is 5.72. The van der Waals surface area contributed by atoms with Crippen molar-refractivity contribution >= 4 is 57.3 Å². The maximum atomic E-state index is 12.1. The van der Waals surface area contributed by atoms with Gasteiger partial charge in [-0.05, 0) is 12.1 Å². The Balaban J connectivity index is 1.94. The Morgan fingerprint density at radius 1 is 1.40 bits per heavy atom. The normalized spacial score (nSPS) is 10.9. The third-order valence-electron chi connectivity index (χ3n) is 2.57. The summed E-state index contributed by atoms with van der Waals surface area (Å²) in [4.78, 5) is 16.3. The van der Waals surface area contributed by atoms with Crippen LogP contribution in [0.1, 0.15) is 15.5 Å². The minimum atomic E-state index is -0.344. The number of fused-ring (bicyclic) bond motifs is 1. The molecule has 1 amide bonds. The molecule has 2 aromatic heterocycles. The number of carbonyl (C=O) groups is 1. The molecule has 0 aliphatic rings. The maximum Gasteiger partial charge on any atom is 0.275 e. The van der Waals surface area contributed by atoms with Crippen LogP contribution in [0.2, 0.25) is 5.02 Å². The van der Waals surface area contributed by atoms with Gasteiger partial charge in [-0.3, -0.25) is 4.79 Å². The van der Waals surface area contributed by atoms with Gasteiger partial charge in [0.15, 0.2) is 0 Å². The highest BCUT2D eigenvalue weighted by molar-refractivity contribution is 7.09. The zero-order valence-corrected chi connectivity index (χ0v) is 12.3. The first-order valence-corrected chi connectivity index (χ1v) is 7.54. The van der Waals surface area contributed by atoms with Gasteiger partial charge in [0.2, 0.25) is 0 Å². The van der Waals surface area contributed by atoms with Crippen LogP contribution in [0.15, 0.2) is 17.5 Å². The average Bonchev–Trinajstić information content (AvgIpc) is 3.09. The van der Waals surface area contributed by atoms with Gasteiger partial charge in [0.05, 0.1) is 22.4 Å². The molecule has 102 valence electrons. The Labute approximate surface area is 126 Å². The van der Waals surface area contributed by atoms with Gasteiger partial charge < -0.3 is 11.1 Å². The highest BCUT2D eigenvalue weighted by Crippen LogP contribution is 2.30. The van der Waals surface area contributed by atoms with E-state index in [1.807, 2.05) is 0 Å². The molecule has 0 fully saturated rings. The van der Waals surface area contributed by atoms with E-state index in [-0.39, 0.29) is 5.91 Å². The van der Waals surface area contributed by atoms with Gasteiger partial charge in [-0.25, -0.2) is 4.98 Å². The van der Waals surface area contributed by atoms with Crippen molar-refractivity contribution in [3.63, 3.8) is 0 Å². The summed E-state index contributed by atoms with van der Waals surface area (Å²) >= 11 is 8.52. The van der Waals surface area contributed by atoms with Crippen molar-refractivity contribution in [2.75, 3.05) is 5.32 Å². The molecule has 0 aliphatic carbocycles. The molecule has 1 aromatic carbocycles. The largest absolute Gasteiger partial charge is 0.325 e. The zero-order chi connectivity index (χ0) is 14.1. The highest BCUT2D eigenvalue weighted by Gasteiger charge is 2.16. The number of amides is 1. The number of nitrogens with two attached hydrogens (primary N) is 1. The number of thiazole rings is 1. The van der Waals surface area contributed by atoms with Crippen LogP contribution in [-0.2, 0) is 6.54 Å². The first-order chi connectivity index (χ1) is 9.69. The van der Waals surface area contributed by atoms with Crippen molar-refractivity contribution in [1.82, 2.24) is 13.7 Å². The summed E-state index contributed by atoms with van der Waals surface area (Å²) in [7, 11) is 0. The van der Waals surface area contributed by atoms with Crippen molar-refractivity contribution in [1.29, 1.82) is 0 Å². The second kappa shape index (κ2) is 5.41. The van der Waals surface area contributed by atoms with Crippen LogP contribution < -0.4 is 11.1 Å². The standard InChI is InChI=1S/C11H8ClN5OS2/c12-5-1-2-6-10(17-20-16-6)9(5)15-11(18)7-4-19-8(3-13)14-7/h1-2,4H,3,13H2,(H,15,18). The molecule has 3 aromatic rings. The van der Waals surface area contributed by atoms with Gasteiger partial charge >= 0.3 is 0 Å². The smallest absolute Gasteiger partial charge is 0.275 e. The van der Waals surface area contributed by atoms with Crippen LogP contribution in [0.5, 0.6) is 0 Å². The fraction of sp³-hybridized carbons (Fsp3) is 0.0909. The summed E-state index contributed by atoms with van der Waals surface area (Å²) in [5, 5.41) is 5.50. The predicted octanol–water partition coefficient (Wildman–Crippen LogP) is 2.51. The SMILES string of the molecule is NCc1nc(C(=O)Nc2c(Cl)ccc3nsnc23)cs1. The lowest BCUT2D eigenvalue weighted by Crippen LogP contribution is -2.13. The summed E-state index contributed by atoms with van der Waals surface area (Å²) in [6.07, 6.45) is 0. The molecular weight excluding hydrogens is 318 g/mol. The van der Waals surface area contributed by atoms with Crippen LogP contribution in [0, 0.1) is 0 Å². The number of benzene rings is 1. The van der Waals surface area contributed by atoms with E-state index >= 15 is 0 Å². The Bertz CT molecular complexity index is 784.